The summed E-state index contributed by atoms with van der Waals surface area (Å²) in [5, 5.41) is 3.87. The highest BCUT2D eigenvalue weighted by atomic mass is 79.9. The molecule has 0 unspecified atom stereocenters. The van der Waals surface area contributed by atoms with Crippen molar-refractivity contribution >= 4 is 42.8 Å². The van der Waals surface area contributed by atoms with Crippen molar-refractivity contribution < 1.29 is 17.6 Å². The minimum Gasteiger partial charge on any atom is -0.451 e. The monoisotopic (exact) mass is 490 g/mol. The average Bonchev–Trinajstić information content (AvgIpc) is 3.09. The lowest BCUT2D eigenvalue weighted by Gasteiger charge is -2.31. The van der Waals surface area contributed by atoms with E-state index in [1.54, 1.807) is 30.3 Å². The number of carbonyl (C=O) groups is 1. The lowest BCUT2D eigenvalue weighted by Crippen LogP contribution is -2.41. The number of piperidine rings is 1. The lowest BCUT2D eigenvalue weighted by atomic mass is 9.98. The van der Waals surface area contributed by atoms with Crippen molar-refractivity contribution in [3.8, 4) is 0 Å². The summed E-state index contributed by atoms with van der Waals surface area (Å²) in [6.07, 6.45) is 1.41. The molecule has 1 aliphatic heterocycles. The van der Waals surface area contributed by atoms with Crippen LogP contribution in [0.25, 0.3) is 11.0 Å². The molecular weight excluding hydrogens is 468 g/mol. The highest BCUT2D eigenvalue weighted by Crippen LogP contribution is 2.28. The highest BCUT2D eigenvalue weighted by Gasteiger charge is 2.29. The van der Waals surface area contributed by atoms with Crippen molar-refractivity contribution in [1.29, 1.82) is 0 Å². The van der Waals surface area contributed by atoms with Gasteiger partial charge in [0.2, 0.25) is 10.0 Å². The van der Waals surface area contributed by atoms with Crippen LogP contribution in [-0.2, 0) is 10.0 Å². The van der Waals surface area contributed by atoms with E-state index in [0.29, 0.717) is 48.7 Å². The van der Waals surface area contributed by atoms with E-state index < -0.39 is 10.0 Å². The van der Waals surface area contributed by atoms with Gasteiger partial charge in [-0.15, -0.1) is 0 Å². The third-order valence-corrected chi connectivity index (χ3v) is 8.02. The Bertz CT molecular complexity index is 1170. The quantitative estimate of drug-likeness (QED) is 0.576. The molecule has 1 saturated heterocycles. The number of hydrogen-bond donors (Lipinski definition) is 1. The van der Waals surface area contributed by atoms with Gasteiger partial charge in [0.05, 0.1) is 4.90 Å². The summed E-state index contributed by atoms with van der Waals surface area (Å²) in [4.78, 5) is 13.0. The number of carbonyl (C=O) groups excluding carboxylic acids is 1. The zero-order valence-electron chi connectivity index (χ0n) is 16.6. The van der Waals surface area contributed by atoms with Crippen LogP contribution in [0.4, 0.5) is 0 Å². The van der Waals surface area contributed by atoms with Crippen LogP contribution in [0.2, 0.25) is 0 Å². The number of fused-ring (bicyclic) bond motifs is 1. The number of hydrogen-bond acceptors (Lipinski definition) is 4. The number of sulfonamides is 1. The Labute approximate surface area is 184 Å². The standard InChI is InChI=1S/C22H23BrN2O4S/c1-15-19-13-17(23)7-8-20(19)29-21(15)22(26)24-14-16-9-11-25(12-10-16)30(27,28)18-5-3-2-4-6-18/h2-8,13,16H,9-12,14H2,1H3,(H,24,26). The van der Waals surface area contributed by atoms with Crippen molar-refractivity contribution in [2.45, 2.75) is 24.7 Å². The van der Waals surface area contributed by atoms with E-state index in [9.17, 15) is 13.2 Å². The Morgan fingerprint density at radius 3 is 2.57 bits per heavy atom. The number of nitrogens with zero attached hydrogens (tertiary/aromatic N) is 1. The minimum absolute atomic E-state index is 0.231. The van der Waals surface area contributed by atoms with E-state index in [-0.39, 0.29) is 11.8 Å². The van der Waals surface area contributed by atoms with Gasteiger partial charge in [-0.05, 0) is 56.0 Å². The van der Waals surface area contributed by atoms with E-state index in [1.165, 1.54) is 4.31 Å². The van der Waals surface area contributed by atoms with E-state index in [2.05, 4.69) is 21.2 Å². The van der Waals surface area contributed by atoms with Crippen molar-refractivity contribution in [1.82, 2.24) is 9.62 Å². The van der Waals surface area contributed by atoms with E-state index in [4.69, 9.17) is 4.42 Å². The maximum atomic E-state index is 12.7. The molecule has 158 valence electrons. The third-order valence-electron chi connectivity index (χ3n) is 5.61. The number of benzene rings is 2. The maximum absolute atomic E-state index is 12.7. The van der Waals surface area contributed by atoms with Crippen LogP contribution in [0.15, 0.2) is 62.3 Å². The van der Waals surface area contributed by atoms with E-state index in [0.717, 1.165) is 15.4 Å². The normalized spacial score (nSPS) is 16.1. The van der Waals surface area contributed by atoms with E-state index >= 15 is 0 Å². The topological polar surface area (TPSA) is 79.6 Å². The first-order valence-corrected chi connectivity index (χ1v) is 12.1. The summed E-state index contributed by atoms with van der Waals surface area (Å²) in [5.41, 5.74) is 1.49. The zero-order valence-corrected chi connectivity index (χ0v) is 19.0. The SMILES string of the molecule is Cc1c(C(=O)NCC2CCN(S(=O)(=O)c3ccccc3)CC2)oc2ccc(Br)cc12. The highest BCUT2D eigenvalue weighted by molar-refractivity contribution is 9.10. The number of rotatable bonds is 5. The Balaban J connectivity index is 1.35. The third kappa shape index (κ3) is 4.17. The number of halogens is 1. The molecule has 1 amide bonds. The molecule has 8 heteroatoms. The fourth-order valence-corrected chi connectivity index (χ4v) is 5.67. The fraction of sp³-hybridized carbons (Fsp3) is 0.318. The Morgan fingerprint density at radius 1 is 1.17 bits per heavy atom. The summed E-state index contributed by atoms with van der Waals surface area (Å²) < 4.78 is 33.7. The van der Waals surface area contributed by atoms with Gasteiger partial charge in [-0.1, -0.05) is 34.1 Å². The number of amides is 1. The van der Waals surface area contributed by atoms with Crippen molar-refractivity contribution in [3.63, 3.8) is 0 Å². The number of furan rings is 1. The van der Waals surface area contributed by atoms with Crippen LogP contribution in [0.3, 0.4) is 0 Å². The summed E-state index contributed by atoms with van der Waals surface area (Å²) in [7, 11) is -3.46. The molecule has 1 fully saturated rings. The number of nitrogens with one attached hydrogen (secondary N) is 1. The van der Waals surface area contributed by atoms with Gasteiger partial charge in [0.1, 0.15) is 5.58 Å². The molecule has 0 radical (unpaired) electrons. The summed E-state index contributed by atoms with van der Waals surface area (Å²) in [5.74, 6) is 0.321. The first kappa shape index (κ1) is 21.1. The molecule has 1 aromatic heterocycles. The summed E-state index contributed by atoms with van der Waals surface area (Å²) in [6.45, 7) is 3.28. The maximum Gasteiger partial charge on any atom is 0.287 e. The Kier molecular flexibility index (Phi) is 5.99. The fourth-order valence-electron chi connectivity index (χ4n) is 3.82. The van der Waals surface area contributed by atoms with Crippen LogP contribution in [0, 0.1) is 12.8 Å². The molecule has 2 aromatic carbocycles. The van der Waals surface area contributed by atoms with E-state index in [1.807, 2.05) is 25.1 Å². The second-order valence-electron chi connectivity index (χ2n) is 7.57. The Morgan fingerprint density at radius 2 is 1.87 bits per heavy atom. The average molecular weight is 491 g/mol. The molecule has 0 spiro atoms. The van der Waals surface area contributed by atoms with Gasteiger partial charge in [-0.2, -0.15) is 4.31 Å². The van der Waals surface area contributed by atoms with Crippen LogP contribution >= 0.6 is 15.9 Å². The molecule has 30 heavy (non-hydrogen) atoms. The molecule has 0 bridgehead atoms. The van der Waals surface area contributed by atoms with Gasteiger partial charge >= 0.3 is 0 Å². The lowest BCUT2D eigenvalue weighted by molar-refractivity contribution is 0.0915. The van der Waals surface area contributed by atoms with Gasteiger partial charge in [0.15, 0.2) is 5.76 Å². The van der Waals surface area contributed by atoms with Crippen LogP contribution in [0.1, 0.15) is 29.0 Å². The molecule has 6 nitrogen and oxygen atoms in total. The molecule has 0 atom stereocenters. The van der Waals surface area contributed by atoms with Crippen molar-refractivity contribution in [3.05, 3.63) is 64.3 Å². The number of aryl methyl sites for hydroxylation is 1. The van der Waals surface area contributed by atoms with Gasteiger partial charge in [0.25, 0.3) is 5.91 Å². The second-order valence-corrected chi connectivity index (χ2v) is 10.4. The molecule has 0 aliphatic carbocycles. The Hall–Kier alpha value is -2.16. The molecular formula is C22H23BrN2O4S. The van der Waals surface area contributed by atoms with Crippen molar-refractivity contribution in [2.75, 3.05) is 19.6 Å². The van der Waals surface area contributed by atoms with Crippen LogP contribution in [0.5, 0.6) is 0 Å². The summed E-state index contributed by atoms with van der Waals surface area (Å²) >= 11 is 3.44. The first-order chi connectivity index (χ1) is 14.4. The summed E-state index contributed by atoms with van der Waals surface area (Å²) in [6, 6.07) is 14.2. The predicted octanol–water partition coefficient (Wildman–Crippen LogP) is 4.33. The zero-order chi connectivity index (χ0) is 21.3. The molecule has 4 rings (SSSR count). The molecule has 0 saturated carbocycles. The molecule has 3 aromatic rings. The molecule has 2 heterocycles. The van der Waals surface area contributed by atoms with Gasteiger partial charge in [0, 0.05) is 35.1 Å². The largest absolute Gasteiger partial charge is 0.451 e. The van der Waals surface area contributed by atoms with Gasteiger partial charge < -0.3 is 9.73 Å². The van der Waals surface area contributed by atoms with Gasteiger partial charge in [-0.25, -0.2) is 8.42 Å². The first-order valence-electron chi connectivity index (χ1n) is 9.88. The minimum atomic E-state index is -3.46. The second kappa shape index (κ2) is 8.53. The van der Waals surface area contributed by atoms with Crippen LogP contribution in [-0.4, -0.2) is 38.3 Å². The van der Waals surface area contributed by atoms with Gasteiger partial charge in [-0.3, -0.25) is 4.79 Å². The van der Waals surface area contributed by atoms with Crippen molar-refractivity contribution in [2.24, 2.45) is 5.92 Å². The smallest absolute Gasteiger partial charge is 0.287 e. The molecule has 1 N–H and O–H groups in total. The predicted molar refractivity (Wildman–Crippen MR) is 119 cm³/mol. The van der Waals surface area contributed by atoms with Crippen LogP contribution < -0.4 is 5.32 Å². The molecule has 1 aliphatic rings.